The zero-order valence-electron chi connectivity index (χ0n) is 7.45. The van der Waals surface area contributed by atoms with Crippen LogP contribution in [0.25, 0.3) is 6.08 Å². The molecule has 1 atom stereocenters. The molecular weight excluding hydrogens is 152 g/mol. The van der Waals surface area contributed by atoms with Gasteiger partial charge in [0.1, 0.15) is 0 Å². The summed E-state index contributed by atoms with van der Waals surface area (Å²) in [5.41, 5.74) is 2.11. The SMILES string of the molecule is CC=Cc1cocc1CC(C)O. The molecule has 0 spiro atoms. The van der Waals surface area contributed by atoms with Gasteiger partial charge in [-0.25, -0.2) is 0 Å². The Bertz CT molecular complexity index is 259. The Morgan fingerprint density at radius 3 is 2.92 bits per heavy atom. The molecule has 1 aromatic rings. The monoisotopic (exact) mass is 166 g/mol. The highest BCUT2D eigenvalue weighted by atomic mass is 16.3. The summed E-state index contributed by atoms with van der Waals surface area (Å²) in [5, 5.41) is 9.15. The van der Waals surface area contributed by atoms with Gasteiger partial charge in [0, 0.05) is 17.5 Å². The maximum atomic E-state index is 9.15. The molecule has 1 unspecified atom stereocenters. The number of aliphatic hydroxyl groups is 1. The molecule has 0 fully saturated rings. The minimum Gasteiger partial charge on any atom is -0.472 e. The zero-order chi connectivity index (χ0) is 8.97. The summed E-state index contributed by atoms with van der Waals surface area (Å²) >= 11 is 0. The highest BCUT2D eigenvalue weighted by molar-refractivity contribution is 5.51. The van der Waals surface area contributed by atoms with Crippen LogP contribution in [0.3, 0.4) is 0 Å². The van der Waals surface area contributed by atoms with Crippen LogP contribution in [0.2, 0.25) is 0 Å². The normalized spacial score (nSPS) is 13.9. The van der Waals surface area contributed by atoms with Crippen molar-refractivity contribution in [1.82, 2.24) is 0 Å². The van der Waals surface area contributed by atoms with Crippen LogP contribution in [0.5, 0.6) is 0 Å². The van der Waals surface area contributed by atoms with Crippen molar-refractivity contribution in [2.24, 2.45) is 0 Å². The molecule has 1 aromatic heterocycles. The van der Waals surface area contributed by atoms with Crippen LogP contribution in [-0.4, -0.2) is 11.2 Å². The van der Waals surface area contributed by atoms with Crippen LogP contribution in [0.1, 0.15) is 25.0 Å². The molecule has 0 saturated carbocycles. The van der Waals surface area contributed by atoms with Crippen molar-refractivity contribution >= 4 is 6.08 Å². The second-order valence-corrected chi connectivity index (χ2v) is 2.91. The molecule has 0 aliphatic carbocycles. The average molecular weight is 166 g/mol. The molecule has 2 nitrogen and oxygen atoms in total. The van der Waals surface area contributed by atoms with Crippen LogP contribution < -0.4 is 0 Å². The van der Waals surface area contributed by atoms with E-state index in [2.05, 4.69) is 0 Å². The molecule has 0 aliphatic heterocycles. The fourth-order valence-corrected chi connectivity index (χ4v) is 1.14. The Balaban J connectivity index is 2.77. The quantitative estimate of drug-likeness (QED) is 0.747. The average Bonchev–Trinajstić information content (AvgIpc) is 2.37. The lowest BCUT2D eigenvalue weighted by Crippen LogP contribution is -2.03. The maximum absolute atomic E-state index is 9.15. The minimum atomic E-state index is -0.313. The van der Waals surface area contributed by atoms with E-state index >= 15 is 0 Å². The van der Waals surface area contributed by atoms with E-state index in [4.69, 9.17) is 9.52 Å². The number of furan rings is 1. The van der Waals surface area contributed by atoms with Gasteiger partial charge in [-0.1, -0.05) is 12.2 Å². The van der Waals surface area contributed by atoms with Crippen LogP contribution >= 0.6 is 0 Å². The summed E-state index contributed by atoms with van der Waals surface area (Å²) in [4.78, 5) is 0. The van der Waals surface area contributed by atoms with Gasteiger partial charge >= 0.3 is 0 Å². The second-order valence-electron chi connectivity index (χ2n) is 2.91. The minimum absolute atomic E-state index is 0.313. The van der Waals surface area contributed by atoms with E-state index in [9.17, 15) is 0 Å². The van der Waals surface area contributed by atoms with E-state index in [1.807, 2.05) is 19.1 Å². The lowest BCUT2D eigenvalue weighted by Gasteiger charge is -2.01. The maximum Gasteiger partial charge on any atom is 0.0977 e. The largest absolute Gasteiger partial charge is 0.472 e. The molecule has 0 aliphatic rings. The Morgan fingerprint density at radius 2 is 2.33 bits per heavy atom. The molecule has 1 N–H and O–H groups in total. The first-order valence-electron chi connectivity index (χ1n) is 4.10. The van der Waals surface area contributed by atoms with E-state index in [0.717, 1.165) is 11.1 Å². The summed E-state index contributed by atoms with van der Waals surface area (Å²) in [6.45, 7) is 3.73. The standard InChI is InChI=1S/C10H14O2/c1-3-4-9-6-12-7-10(9)5-8(2)11/h3-4,6-8,11H,5H2,1-2H3. The molecule has 0 aromatic carbocycles. The van der Waals surface area contributed by atoms with Gasteiger partial charge in [0.15, 0.2) is 0 Å². The van der Waals surface area contributed by atoms with E-state index in [1.54, 1.807) is 19.5 Å². The Labute approximate surface area is 72.5 Å². The van der Waals surface area contributed by atoms with Crippen molar-refractivity contribution in [1.29, 1.82) is 0 Å². The van der Waals surface area contributed by atoms with Crippen molar-refractivity contribution in [2.45, 2.75) is 26.4 Å². The highest BCUT2D eigenvalue weighted by Gasteiger charge is 2.04. The predicted octanol–water partition coefficient (Wildman–Crippen LogP) is 2.24. The number of rotatable bonds is 3. The van der Waals surface area contributed by atoms with Crippen molar-refractivity contribution in [2.75, 3.05) is 0 Å². The van der Waals surface area contributed by atoms with E-state index in [1.165, 1.54) is 0 Å². The molecule has 1 heterocycles. The molecule has 0 saturated heterocycles. The summed E-state index contributed by atoms with van der Waals surface area (Å²) < 4.78 is 5.04. The first kappa shape index (κ1) is 9.07. The Kier molecular flexibility index (Phi) is 3.11. The van der Waals surface area contributed by atoms with Gasteiger partial charge in [-0.2, -0.15) is 0 Å². The number of allylic oxidation sites excluding steroid dienone is 1. The summed E-state index contributed by atoms with van der Waals surface area (Å²) in [5.74, 6) is 0. The molecule has 2 heteroatoms. The molecular formula is C10H14O2. The number of aliphatic hydroxyl groups excluding tert-OH is 1. The third kappa shape index (κ3) is 2.24. The van der Waals surface area contributed by atoms with Crippen LogP contribution in [0.4, 0.5) is 0 Å². The van der Waals surface area contributed by atoms with Gasteiger partial charge in [0.05, 0.1) is 18.6 Å². The van der Waals surface area contributed by atoms with Crippen LogP contribution in [0, 0.1) is 0 Å². The zero-order valence-corrected chi connectivity index (χ0v) is 7.45. The van der Waals surface area contributed by atoms with Gasteiger partial charge < -0.3 is 9.52 Å². The first-order chi connectivity index (χ1) is 5.74. The second kappa shape index (κ2) is 4.12. The summed E-state index contributed by atoms with van der Waals surface area (Å²) in [7, 11) is 0. The highest BCUT2D eigenvalue weighted by Crippen LogP contribution is 2.14. The van der Waals surface area contributed by atoms with Gasteiger partial charge in [-0.3, -0.25) is 0 Å². The first-order valence-corrected chi connectivity index (χ1v) is 4.10. The fraction of sp³-hybridized carbons (Fsp3) is 0.400. The molecule has 0 amide bonds. The lowest BCUT2D eigenvalue weighted by molar-refractivity contribution is 0.195. The molecule has 0 radical (unpaired) electrons. The van der Waals surface area contributed by atoms with Crippen molar-refractivity contribution in [3.8, 4) is 0 Å². The van der Waals surface area contributed by atoms with Gasteiger partial charge in [-0.15, -0.1) is 0 Å². The van der Waals surface area contributed by atoms with Gasteiger partial charge in [0.2, 0.25) is 0 Å². The number of hydrogen-bond donors (Lipinski definition) is 1. The van der Waals surface area contributed by atoms with E-state index < -0.39 is 0 Å². The Morgan fingerprint density at radius 1 is 1.58 bits per heavy atom. The lowest BCUT2D eigenvalue weighted by atomic mass is 10.1. The molecule has 66 valence electrons. The summed E-state index contributed by atoms with van der Waals surface area (Å²) in [6.07, 6.45) is 7.64. The number of hydrogen-bond acceptors (Lipinski definition) is 2. The molecule has 12 heavy (non-hydrogen) atoms. The predicted molar refractivity (Wildman–Crippen MR) is 48.8 cm³/mol. The van der Waals surface area contributed by atoms with Gasteiger partial charge in [-0.05, 0) is 13.8 Å². The van der Waals surface area contributed by atoms with Crippen molar-refractivity contribution in [3.05, 3.63) is 29.7 Å². The third-order valence-corrected chi connectivity index (χ3v) is 1.64. The van der Waals surface area contributed by atoms with E-state index in [0.29, 0.717) is 6.42 Å². The van der Waals surface area contributed by atoms with Crippen LogP contribution in [-0.2, 0) is 6.42 Å². The van der Waals surface area contributed by atoms with Crippen molar-refractivity contribution in [3.63, 3.8) is 0 Å². The Hall–Kier alpha value is -1.02. The van der Waals surface area contributed by atoms with Gasteiger partial charge in [0.25, 0.3) is 0 Å². The smallest absolute Gasteiger partial charge is 0.0977 e. The molecule has 1 rings (SSSR count). The summed E-state index contributed by atoms with van der Waals surface area (Å²) in [6, 6.07) is 0. The third-order valence-electron chi connectivity index (χ3n) is 1.64. The van der Waals surface area contributed by atoms with Crippen LogP contribution in [0.15, 0.2) is 23.0 Å². The van der Waals surface area contributed by atoms with Crippen molar-refractivity contribution < 1.29 is 9.52 Å². The molecule has 0 bridgehead atoms. The topological polar surface area (TPSA) is 33.4 Å². The van der Waals surface area contributed by atoms with E-state index in [-0.39, 0.29) is 6.10 Å². The fourth-order valence-electron chi connectivity index (χ4n) is 1.14.